The monoisotopic (exact) mass is 402 g/mol. The van der Waals surface area contributed by atoms with Crippen molar-refractivity contribution >= 4 is 28.1 Å². The van der Waals surface area contributed by atoms with E-state index in [9.17, 15) is 4.79 Å². The molecular weight excluding hydrogens is 380 g/mol. The fraction of sp³-hybridized carbons (Fsp3) is 0.273. The Morgan fingerprint density at radius 3 is 2.70 bits per heavy atom. The lowest BCUT2D eigenvalue weighted by atomic mass is 10.0. The fourth-order valence-corrected chi connectivity index (χ4v) is 3.93. The summed E-state index contributed by atoms with van der Waals surface area (Å²) in [5.74, 6) is 1.51. The van der Waals surface area contributed by atoms with Gasteiger partial charge in [-0.1, -0.05) is 30.3 Å². The third kappa shape index (κ3) is 3.20. The van der Waals surface area contributed by atoms with E-state index in [-0.39, 0.29) is 5.91 Å². The van der Waals surface area contributed by atoms with Gasteiger partial charge in [0.1, 0.15) is 17.9 Å². The molecule has 0 N–H and O–H groups in total. The molecule has 0 atom stereocenters. The molecule has 1 aliphatic heterocycles. The Labute approximate surface area is 173 Å². The van der Waals surface area contributed by atoms with Crippen molar-refractivity contribution in [2.75, 3.05) is 37.7 Å². The summed E-state index contributed by atoms with van der Waals surface area (Å²) < 4.78 is 7.46. The van der Waals surface area contributed by atoms with Crippen molar-refractivity contribution < 1.29 is 9.53 Å². The summed E-state index contributed by atoms with van der Waals surface area (Å²) in [6.45, 7) is 5.11. The van der Waals surface area contributed by atoms with Gasteiger partial charge in [0.25, 0.3) is 5.91 Å². The lowest BCUT2D eigenvalue weighted by Gasteiger charge is -2.35. The molecule has 3 heterocycles. The molecule has 0 unspecified atom stereocenters. The Morgan fingerprint density at radius 1 is 1.03 bits per heavy atom. The quantitative estimate of drug-likeness (QED) is 0.522. The van der Waals surface area contributed by atoms with Crippen LogP contribution in [0, 0.1) is 0 Å². The summed E-state index contributed by atoms with van der Waals surface area (Å²) in [6, 6.07) is 15.7. The molecule has 2 aromatic carbocycles. The summed E-state index contributed by atoms with van der Waals surface area (Å²) >= 11 is 0. The highest BCUT2D eigenvalue weighted by Gasteiger charge is 2.26. The summed E-state index contributed by atoms with van der Waals surface area (Å²) in [7, 11) is 0. The summed E-state index contributed by atoms with van der Waals surface area (Å²) in [5.41, 5.74) is 1.36. The standard InChI is InChI=1S/C22H22N6O2/c1-2-30-18-8-7-16-5-3-4-6-17(16)21(18)22(29)27-13-11-26(12-14-27)20-10-9-19-24-23-15-28(19)25-20/h3-10,15H,2,11-14H2,1H3. The van der Waals surface area contributed by atoms with Gasteiger partial charge in [0.2, 0.25) is 0 Å². The number of ether oxygens (including phenoxy) is 1. The Bertz CT molecular complexity index is 1210. The molecule has 0 radical (unpaired) electrons. The third-order valence-corrected chi connectivity index (χ3v) is 5.44. The first kappa shape index (κ1) is 18.4. The SMILES string of the molecule is CCOc1ccc2ccccc2c1C(=O)N1CCN(c2ccc3nncn3n2)CC1. The van der Waals surface area contributed by atoms with Crippen molar-refractivity contribution in [3.8, 4) is 5.75 Å². The summed E-state index contributed by atoms with van der Waals surface area (Å²) in [5, 5.41) is 14.4. The van der Waals surface area contributed by atoms with Gasteiger partial charge in [-0.25, -0.2) is 0 Å². The summed E-state index contributed by atoms with van der Waals surface area (Å²) in [4.78, 5) is 17.6. The molecule has 0 spiro atoms. The zero-order valence-corrected chi connectivity index (χ0v) is 16.7. The minimum Gasteiger partial charge on any atom is -0.493 e. The van der Waals surface area contributed by atoms with Gasteiger partial charge in [0.05, 0.1) is 12.2 Å². The number of hydrogen-bond acceptors (Lipinski definition) is 6. The van der Waals surface area contributed by atoms with Crippen LogP contribution in [0.25, 0.3) is 16.4 Å². The number of rotatable bonds is 4. The van der Waals surface area contributed by atoms with Crippen molar-refractivity contribution in [2.24, 2.45) is 0 Å². The normalized spacial score (nSPS) is 14.4. The number of nitrogens with zero attached hydrogens (tertiary/aromatic N) is 6. The number of fused-ring (bicyclic) bond motifs is 2. The van der Waals surface area contributed by atoms with Gasteiger partial charge in [-0.2, -0.15) is 4.52 Å². The van der Waals surface area contributed by atoms with E-state index < -0.39 is 0 Å². The molecule has 1 amide bonds. The van der Waals surface area contributed by atoms with Gasteiger partial charge in [-0.05, 0) is 35.9 Å². The number of carbonyl (C=O) groups excluding carboxylic acids is 1. The van der Waals surface area contributed by atoms with Crippen LogP contribution in [0.3, 0.4) is 0 Å². The molecule has 4 aromatic rings. The van der Waals surface area contributed by atoms with Crippen LogP contribution in [0.5, 0.6) is 5.75 Å². The van der Waals surface area contributed by atoms with E-state index in [2.05, 4.69) is 20.2 Å². The maximum atomic E-state index is 13.5. The maximum absolute atomic E-state index is 13.5. The van der Waals surface area contributed by atoms with Crippen LogP contribution >= 0.6 is 0 Å². The molecule has 0 bridgehead atoms. The smallest absolute Gasteiger partial charge is 0.258 e. The molecule has 152 valence electrons. The van der Waals surface area contributed by atoms with E-state index in [1.165, 1.54) is 0 Å². The number of benzene rings is 2. The summed E-state index contributed by atoms with van der Waals surface area (Å²) in [6.07, 6.45) is 1.59. The van der Waals surface area contributed by atoms with E-state index in [0.717, 1.165) is 16.6 Å². The Balaban J connectivity index is 1.38. The number of aromatic nitrogens is 4. The van der Waals surface area contributed by atoms with Crippen LogP contribution in [-0.2, 0) is 0 Å². The second-order valence-electron chi connectivity index (χ2n) is 7.20. The topological polar surface area (TPSA) is 75.9 Å². The first-order valence-electron chi connectivity index (χ1n) is 10.1. The van der Waals surface area contributed by atoms with Crippen molar-refractivity contribution in [1.29, 1.82) is 0 Å². The number of anilines is 1. The molecule has 8 nitrogen and oxygen atoms in total. The van der Waals surface area contributed by atoms with Crippen LogP contribution in [-0.4, -0.2) is 63.4 Å². The van der Waals surface area contributed by atoms with Crippen molar-refractivity contribution in [3.05, 3.63) is 60.4 Å². The van der Waals surface area contributed by atoms with Crippen LogP contribution in [0.1, 0.15) is 17.3 Å². The van der Waals surface area contributed by atoms with Crippen molar-refractivity contribution in [2.45, 2.75) is 6.92 Å². The van der Waals surface area contributed by atoms with Gasteiger partial charge in [-0.15, -0.1) is 15.3 Å². The van der Waals surface area contributed by atoms with E-state index in [0.29, 0.717) is 49.7 Å². The van der Waals surface area contributed by atoms with E-state index in [1.807, 2.05) is 60.4 Å². The molecule has 0 aliphatic carbocycles. The lowest BCUT2D eigenvalue weighted by molar-refractivity contribution is 0.0744. The van der Waals surface area contributed by atoms with Gasteiger partial charge in [0, 0.05) is 26.2 Å². The van der Waals surface area contributed by atoms with Crippen molar-refractivity contribution in [1.82, 2.24) is 24.7 Å². The molecular formula is C22H22N6O2. The molecule has 1 saturated heterocycles. The largest absolute Gasteiger partial charge is 0.493 e. The van der Waals surface area contributed by atoms with Gasteiger partial charge in [0.15, 0.2) is 5.65 Å². The van der Waals surface area contributed by atoms with Crippen LogP contribution in [0.4, 0.5) is 5.82 Å². The fourth-order valence-electron chi connectivity index (χ4n) is 3.93. The second kappa shape index (κ2) is 7.62. The average Bonchev–Trinajstić information content (AvgIpc) is 3.27. The van der Waals surface area contributed by atoms with Gasteiger partial charge < -0.3 is 14.5 Å². The molecule has 2 aromatic heterocycles. The van der Waals surface area contributed by atoms with Crippen LogP contribution in [0.15, 0.2) is 54.9 Å². The number of amides is 1. The Hall–Kier alpha value is -3.68. The second-order valence-corrected chi connectivity index (χ2v) is 7.20. The molecule has 30 heavy (non-hydrogen) atoms. The predicted molar refractivity (Wildman–Crippen MR) is 114 cm³/mol. The van der Waals surface area contributed by atoms with Crippen molar-refractivity contribution in [3.63, 3.8) is 0 Å². The van der Waals surface area contributed by atoms with Gasteiger partial charge in [-0.3, -0.25) is 4.79 Å². The predicted octanol–water partition coefficient (Wildman–Crippen LogP) is 2.64. The Kier molecular flexibility index (Phi) is 4.66. The number of piperazine rings is 1. The number of hydrogen-bond donors (Lipinski definition) is 0. The van der Waals surface area contributed by atoms with Crippen LogP contribution in [0.2, 0.25) is 0 Å². The first-order valence-corrected chi connectivity index (χ1v) is 10.1. The molecule has 1 aliphatic rings. The Morgan fingerprint density at radius 2 is 1.87 bits per heavy atom. The molecule has 5 rings (SSSR count). The zero-order valence-electron chi connectivity index (χ0n) is 16.7. The minimum absolute atomic E-state index is 0.0112. The van der Waals surface area contributed by atoms with E-state index in [4.69, 9.17) is 4.74 Å². The maximum Gasteiger partial charge on any atom is 0.258 e. The third-order valence-electron chi connectivity index (χ3n) is 5.44. The minimum atomic E-state index is 0.0112. The van der Waals surface area contributed by atoms with E-state index >= 15 is 0 Å². The molecule has 0 saturated carbocycles. The average molecular weight is 402 g/mol. The highest BCUT2D eigenvalue weighted by molar-refractivity contribution is 6.09. The highest BCUT2D eigenvalue weighted by atomic mass is 16.5. The van der Waals surface area contributed by atoms with Gasteiger partial charge >= 0.3 is 0 Å². The lowest BCUT2D eigenvalue weighted by Crippen LogP contribution is -2.49. The molecule has 1 fully saturated rings. The van der Waals surface area contributed by atoms with E-state index in [1.54, 1.807) is 10.8 Å². The van der Waals surface area contributed by atoms with Crippen LogP contribution < -0.4 is 9.64 Å². The molecule has 8 heteroatoms. The zero-order chi connectivity index (χ0) is 20.5. The number of carbonyl (C=O) groups is 1. The highest BCUT2D eigenvalue weighted by Crippen LogP contribution is 2.30. The first-order chi connectivity index (χ1) is 14.7.